The van der Waals surface area contributed by atoms with Gasteiger partial charge < -0.3 is 0 Å². The van der Waals surface area contributed by atoms with E-state index in [1.807, 2.05) is 18.2 Å². The molecule has 0 saturated carbocycles. The summed E-state index contributed by atoms with van der Waals surface area (Å²) in [6.45, 7) is 2.14. The van der Waals surface area contributed by atoms with Crippen molar-refractivity contribution < 1.29 is 0 Å². The summed E-state index contributed by atoms with van der Waals surface area (Å²) in [6.07, 6.45) is 4.25. The standard InChI is InChI=1S/C20H16N2S/c1-15-12-14-23-20(15)22-13-11-16-7-5-6-10-18(16)21-19(22)17-8-3-2-4-9-17/h2-14H,1H3. The first-order chi connectivity index (χ1) is 11.3. The van der Waals surface area contributed by atoms with Crippen molar-refractivity contribution in [2.45, 2.75) is 6.92 Å². The number of rotatable bonds is 2. The number of thiophene rings is 1. The molecule has 1 aromatic heterocycles. The van der Waals surface area contributed by atoms with E-state index < -0.39 is 0 Å². The number of nitrogens with zero attached hydrogens (tertiary/aromatic N) is 2. The maximum Gasteiger partial charge on any atom is 0.145 e. The van der Waals surface area contributed by atoms with Gasteiger partial charge in [-0.2, -0.15) is 0 Å². The van der Waals surface area contributed by atoms with Gasteiger partial charge >= 0.3 is 0 Å². The Morgan fingerprint density at radius 2 is 1.70 bits per heavy atom. The molecule has 0 aliphatic carbocycles. The van der Waals surface area contributed by atoms with Gasteiger partial charge in [0.25, 0.3) is 0 Å². The van der Waals surface area contributed by atoms with Crippen molar-refractivity contribution in [2.75, 3.05) is 4.90 Å². The van der Waals surface area contributed by atoms with Crippen LogP contribution in [0.15, 0.2) is 77.2 Å². The fraction of sp³-hybridized carbons (Fsp3) is 0.0500. The Hall–Kier alpha value is -2.65. The molecule has 0 fully saturated rings. The lowest BCUT2D eigenvalue weighted by molar-refractivity contribution is 1.33. The van der Waals surface area contributed by atoms with Gasteiger partial charge in [0.2, 0.25) is 0 Å². The van der Waals surface area contributed by atoms with Crippen LogP contribution in [0.4, 0.5) is 10.7 Å². The predicted octanol–water partition coefficient (Wildman–Crippen LogP) is 5.63. The van der Waals surface area contributed by atoms with Gasteiger partial charge in [0, 0.05) is 17.3 Å². The number of hydrogen-bond donors (Lipinski definition) is 0. The second kappa shape index (κ2) is 5.86. The van der Waals surface area contributed by atoms with Crippen molar-refractivity contribution >= 4 is 33.9 Å². The van der Waals surface area contributed by atoms with Crippen molar-refractivity contribution in [3.8, 4) is 0 Å². The van der Waals surface area contributed by atoms with Crippen LogP contribution in [0.2, 0.25) is 0 Å². The summed E-state index contributed by atoms with van der Waals surface area (Å²) in [5.41, 5.74) is 4.51. The smallest absolute Gasteiger partial charge is 0.145 e. The van der Waals surface area contributed by atoms with Crippen LogP contribution in [0.5, 0.6) is 0 Å². The molecule has 4 rings (SSSR count). The van der Waals surface area contributed by atoms with Crippen molar-refractivity contribution in [2.24, 2.45) is 4.99 Å². The molecule has 0 saturated heterocycles. The molecule has 0 amide bonds. The molecule has 0 atom stereocenters. The maximum atomic E-state index is 4.97. The third-order valence-corrected chi connectivity index (χ3v) is 4.89. The summed E-state index contributed by atoms with van der Waals surface area (Å²) in [5, 5.41) is 3.33. The SMILES string of the molecule is Cc1ccsc1N1C=Cc2ccccc2N=C1c1ccccc1. The average molecular weight is 316 g/mol. The molecule has 112 valence electrons. The summed E-state index contributed by atoms with van der Waals surface area (Å²) in [7, 11) is 0. The number of amidine groups is 1. The van der Waals surface area contributed by atoms with Crippen LogP contribution in [0.1, 0.15) is 16.7 Å². The number of aliphatic imine (C=N–C) groups is 1. The quantitative estimate of drug-likeness (QED) is 0.598. The number of fused-ring (bicyclic) bond motifs is 1. The summed E-state index contributed by atoms with van der Waals surface area (Å²) < 4.78 is 0. The van der Waals surface area contributed by atoms with Gasteiger partial charge in [-0.15, -0.1) is 11.3 Å². The molecule has 0 unspecified atom stereocenters. The molecule has 3 aromatic rings. The summed E-state index contributed by atoms with van der Waals surface area (Å²) in [5.74, 6) is 0.956. The van der Waals surface area contributed by atoms with Crippen molar-refractivity contribution in [1.29, 1.82) is 0 Å². The van der Waals surface area contributed by atoms with Crippen LogP contribution in [-0.2, 0) is 0 Å². The highest BCUT2D eigenvalue weighted by Gasteiger charge is 2.19. The number of aryl methyl sites for hydroxylation is 1. The van der Waals surface area contributed by atoms with E-state index in [1.165, 1.54) is 10.6 Å². The second-order valence-corrected chi connectivity index (χ2v) is 6.35. The Bertz CT molecular complexity index is 891. The fourth-order valence-corrected chi connectivity index (χ4v) is 3.61. The first-order valence-corrected chi connectivity index (χ1v) is 8.45. The Labute approximate surface area is 140 Å². The third-order valence-electron chi connectivity index (χ3n) is 3.88. The van der Waals surface area contributed by atoms with E-state index in [2.05, 4.69) is 71.9 Å². The zero-order valence-corrected chi connectivity index (χ0v) is 13.6. The molecule has 0 N–H and O–H groups in total. The molecule has 1 aliphatic rings. The van der Waals surface area contributed by atoms with E-state index in [1.54, 1.807) is 11.3 Å². The molecular formula is C20H16N2S. The van der Waals surface area contributed by atoms with Crippen LogP contribution >= 0.6 is 11.3 Å². The van der Waals surface area contributed by atoms with Gasteiger partial charge in [-0.1, -0.05) is 48.5 Å². The minimum Gasteiger partial charge on any atom is -0.292 e. The van der Waals surface area contributed by atoms with Gasteiger partial charge in [0.1, 0.15) is 10.8 Å². The Morgan fingerprint density at radius 1 is 0.913 bits per heavy atom. The van der Waals surface area contributed by atoms with Crippen LogP contribution < -0.4 is 4.90 Å². The molecule has 2 nitrogen and oxygen atoms in total. The molecule has 0 bridgehead atoms. The van der Waals surface area contributed by atoms with Gasteiger partial charge in [-0.25, -0.2) is 4.99 Å². The summed E-state index contributed by atoms with van der Waals surface area (Å²) >= 11 is 1.74. The zero-order valence-electron chi connectivity index (χ0n) is 12.8. The first-order valence-electron chi connectivity index (χ1n) is 7.57. The lowest BCUT2D eigenvalue weighted by atomic mass is 10.2. The average Bonchev–Trinajstić information content (AvgIpc) is 2.92. The highest BCUT2D eigenvalue weighted by Crippen LogP contribution is 2.33. The fourth-order valence-electron chi connectivity index (χ4n) is 2.69. The monoisotopic (exact) mass is 316 g/mol. The zero-order chi connectivity index (χ0) is 15.6. The van der Waals surface area contributed by atoms with Crippen LogP contribution in [0, 0.1) is 6.92 Å². The largest absolute Gasteiger partial charge is 0.292 e. The van der Waals surface area contributed by atoms with Crippen LogP contribution in [-0.4, -0.2) is 5.84 Å². The van der Waals surface area contributed by atoms with Gasteiger partial charge in [-0.3, -0.25) is 4.90 Å². The van der Waals surface area contributed by atoms with E-state index >= 15 is 0 Å². The Morgan fingerprint density at radius 3 is 2.48 bits per heavy atom. The van der Waals surface area contributed by atoms with E-state index in [9.17, 15) is 0 Å². The minimum atomic E-state index is 0.956. The molecule has 2 aromatic carbocycles. The highest BCUT2D eigenvalue weighted by atomic mass is 32.1. The lowest BCUT2D eigenvalue weighted by Gasteiger charge is -2.21. The first kappa shape index (κ1) is 14.0. The highest BCUT2D eigenvalue weighted by molar-refractivity contribution is 7.14. The predicted molar refractivity (Wildman–Crippen MR) is 99.7 cm³/mol. The Balaban J connectivity index is 1.93. The second-order valence-electron chi connectivity index (χ2n) is 5.45. The number of anilines is 1. The van der Waals surface area contributed by atoms with Gasteiger partial charge in [0.15, 0.2) is 0 Å². The molecule has 2 heterocycles. The molecule has 0 spiro atoms. The minimum absolute atomic E-state index is 0.956. The van der Waals surface area contributed by atoms with E-state index in [0.717, 1.165) is 22.6 Å². The van der Waals surface area contributed by atoms with Crippen molar-refractivity contribution in [3.05, 3.63) is 88.9 Å². The van der Waals surface area contributed by atoms with Crippen molar-refractivity contribution in [3.63, 3.8) is 0 Å². The number of hydrogen-bond acceptors (Lipinski definition) is 3. The third kappa shape index (κ3) is 2.60. The van der Waals surface area contributed by atoms with Gasteiger partial charge in [0.05, 0.1) is 5.69 Å². The lowest BCUT2D eigenvalue weighted by Crippen LogP contribution is -2.25. The maximum absolute atomic E-state index is 4.97. The molecule has 0 radical (unpaired) electrons. The number of benzene rings is 2. The topological polar surface area (TPSA) is 15.6 Å². The van der Waals surface area contributed by atoms with Crippen molar-refractivity contribution in [1.82, 2.24) is 0 Å². The van der Waals surface area contributed by atoms with E-state index in [4.69, 9.17) is 4.99 Å². The van der Waals surface area contributed by atoms with Gasteiger partial charge in [-0.05, 0) is 36.1 Å². The summed E-state index contributed by atoms with van der Waals surface area (Å²) in [4.78, 5) is 7.16. The molecule has 1 aliphatic heterocycles. The van der Waals surface area contributed by atoms with Crippen LogP contribution in [0.3, 0.4) is 0 Å². The molecule has 23 heavy (non-hydrogen) atoms. The normalized spacial score (nSPS) is 13.4. The summed E-state index contributed by atoms with van der Waals surface area (Å²) in [6, 6.07) is 20.7. The van der Waals surface area contributed by atoms with Crippen LogP contribution in [0.25, 0.3) is 6.08 Å². The number of para-hydroxylation sites is 1. The van der Waals surface area contributed by atoms with E-state index in [-0.39, 0.29) is 0 Å². The molecule has 3 heteroatoms. The Kier molecular flexibility index (Phi) is 3.56. The van der Waals surface area contributed by atoms with E-state index in [0.29, 0.717) is 0 Å². The molecular weight excluding hydrogens is 300 g/mol.